The number of ether oxygens (including phenoxy) is 1. The van der Waals surface area contributed by atoms with E-state index >= 15 is 0 Å². The molecule has 1 saturated heterocycles. The van der Waals surface area contributed by atoms with Crippen LogP contribution in [0, 0.1) is 0 Å². The van der Waals surface area contributed by atoms with E-state index in [2.05, 4.69) is 37.6 Å². The van der Waals surface area contributed by atoms with Crippen molar-refractivity contribution in [3.05, 3.63) is 0 Å². The number of likely N-dealkylation sites (tertiary alicyclic amines) is 1. The Morgan fingerprint density at radius 1 is 1.40 bits per heavy atom. The number of methoxy groups -OCH3 is 1. The van der Waals surface area contributed by atoms with Gasteiger partial charge in [-0.15, -0.1) is 0 Å². The van der Waals surface area contributed by atoms with Crippen molar-refractivity contribution in [1.29, 1.82) is 0 Å². The molecule has 1 atom stereocenters. The van der Waals surface area contributed by atoms with Crippen LogP contribution in [-0.4, -0.2) is 61.8 Å². The molecule has 0 aromatic carbocycles. The molecule has 0 aromatic rings. The first-order valence-electron chi connectivity index (χ1n) is 5.90. The zero-order chi connectivity index (χ0) is 11.5. The number of rotatable bonds is 4. The Kier molecular flexibility index (Phi) is 4.56. The second-order valence-electron chi connectivity index (χ2n) is 5.54. The predicted molar refractivity (Wildman–Crippen MR) is 64.2 cm³/mol. The lowest BCUT2D eigenvalue weighted by atomic mass is 10.1. The van der Waals surface area contributed by atoms with Crippen LogP contribution >= 0.6 is 0 Å². The van der Waals surface area contributed by atoms with Crippen LogP contribution in [-0.2, 0) is 4.74 Å². The molecule has 3 heteroatoms. The van der Waals surface area contributed by atoms with Crippen LogP contribution in [0.15, 0.2) is 0 Å². The molecule has 1 fully saturated rings. The summed E-state index contributed by atoms with van der Waals surface area (Å²) in [6.07, 6.45) is 1.65. The van der Waals surface area contributed by atoms with Crippen molar-refractivity contribution in [3.63, 3.8) is 0 Å². The minimum Gasteiger partial charge on any atom is -0.380 e. The molecule has 1 rings (SSSR count). The summed E-state index contributed by atoms with van der Waals surface area (Å²) in [5.41, 5.74) is 0.278. The highest BCUT2D eigenvalue weighted by Crippen LogP contribution is 2.13. The van der Waals surface area contributed by atoms with Gasteiger partial charge in [0, 0.05) is 38.8 Å². The third-order valence-corrected chi connectivity index (χ3v) is 3.46. The van der Waals surface area contributed by atoms with Crippen molar-refractivity contribution >= 4 is 0 Å². The van der Waals surface area contributed by atoms with Crippen molar-refractivity contribution in [1.82, 2.24) is 9.80 Å². The topological polar surface area (TPSA) is 15.7 Å². The first kappa shape index (κ1) is 12.9. The van der Waals surface area contributed by atoms with Gasteiger partial charge in [-0.1, -0.05) is 0 Å². The fourth-order valence-electron chi connectivity index (χ4n) is 1.82. The first-order chi connectivity index (χ1) is 6.93. The van der Waals surface area contributed by atoms with E-state index in [1.165, 1.54) is 13.0 Å². The zero-order valence-corrected chi connectivity index (χ0v) is 10.9. The Balaban J connectivity index is 2.21. The van der Waals surface area contributed by atoms with Crippen molar-refractivity contribution in [3.8, 4) is 0 Å². The molecule has 0 bridgehead atoms. The van der Waals surface area contributed by atoms with E-state index in [1.54, 1.807) is 0 Å². The molecule has 90 valence electrons. The first-order valence-corrected chi connectivity index (χ1v) is 5.90. The lowest BCUT2D eigenvalue weighted by molar-refractivity contribution is 0.102. The van der Waals surface area contributed by atoms with Gasteiger partial charge in [-0.3, -0.25) is 4.90 Å². The van der Waals surface area contributed by atoms with Crippen LogP contribution in [0.2, 0.25) is 0 Å². The standard InChI is InChI=1S/C12H26N2O/c1-12(2,3)13(4)8-9-14-7-6-11(10-14)15-5/h11H,6-10H2,1-5H3/t11-/m0/s1. The molecule has 0 spiro atoms. The SMILES string of the molecule is CO[C@H]1CCN(CCN(C)C(C)(C)C)C1. The number of likely N-dealkylation sites (N-methyl/N-ethyl adjacent to an activating group) is 1. The highest BCUT2D eigenvalue weighted by atomic mass is 16.5. The molecular weight excluding hydrogens is 188 g/mol. The third-order valence-electron chi connectivity index (χ3n) is 3.46. The van der Waals surface area contributed by atoms with Crippen LogP contribution in [0.4, 0.5) is 0 Å². The van der Waals surface area contributed by atoms with Crippen molar-refractivity contribution in [2.24, 2.45) is 0 Å². The largest absolute Gasteiger partial charge is 0.380 e. The molecule has 0 N–H and O–H groups in total. The Morgan fingerprint density at radius 3 is 2.53 bits per heavy atom. The molecule has 1 heterocycles. The minimum absolute atomic E-state index is 0.278. The van der Waals surface area contributed by atoms with Crippen molar-refractivity contribution in [2.45, 2.75) is 38.8 Å². The van der Waals surface area contributed by atoms with Gasteiger partial charge in [0.15, 0.2) is 0 Å². The fourth-order valence-corrected chi connectivity index (χ4v) is 1.82. The summed E-state index contributed by atoms with van der Waals surface area (Å²) in [4.78, 5) is 4.91. The molecule has 0 aliphatic carbocycles. The Bertz CT molecular complexity index is 189. The summed E-state index contributed by atoms with van der Waals surface area (Å²) in [5.74, 6) is 0. The quantitative estimate of drug-likeness (QED) is 0.704. The van der Waals surface area contributed by atoms with E-state index in [0.29, 0.717) is 6.10 Å². The van der Waals surface area contributed by atoms with Gasteiger partial charge in [-0.2, -0.15) is 0 Å². The van der Waals surface area contributed by atoms with Crippen LogP contribution in [0.3, 0.4) is 0 Å². The van der Waals surface area contributed by atoms with Crippen LogP contribution < -0.4 is 0 Å². The summed E-state index contributed by atoms with van der Waals surface area (Å²) >= 11 is 0. The minimum atomic E-state index is 0.278. The second-order valence-corrected chi connectivity index (χ2v) is 5.54. The van der Waals surface area contributed by atoms with Gasteiger partial charge in [0.1, 0.15) is 0 Å². The predicted octanol–water partition coefficient (Wildman–Crippen LogP) is 1.44. The van der Waals surface area contributed by atoms with Gasteiger partial charge in [0.2, 0.25) is 0 Å². The molecule has 1 aliphatic heterocycles. The lowest BCUT2D eigenvalue weighted by Crippen LogP contribution is -2.42. The summed E-state index contributed by atoms with van der Waals surface area (Å²) in [6, 6.07) is 0. The van der Waals surface area contributed by atoms with Crippen molar-refractivity contribution < 1.29 is 4.74 Å². The van der Waals surface area contributed by atoms with E-state index in [-0.39, 0.29) is 5.54 Å². The van der Waals surface area contributed by atoms with E-state index in [0.717, 1.165) is 19.6 Å². The summed E-state index contributed by atoms with van der Waals surface area (Å²) in [7, 11) is 4.01. The molecular formula is C12H26N2O. The number of nitrogens with zero attached hydrogens (tertiary/aromatic N) is 2. The number of hydrogen-bond donors (Lipinski definition) is 0. The third kappa shape index (κ3) is 4.09. The monoisotopic (exact) mass is 214 g/mol. The van der Waals surface area contributed by atoms with Gasteiger partial charge in [0.05, 0.1) is 6.10 Å². The average molecular weight is 214 g/mol. The maximum atomic E-state index is 5.36. The van der Waals surface area contributed by atoms with Gasteiger partial charge >= 0.3 is 0 Å². The molecule has 0 radical (unpaired) electrons. The Morgan fingerprint density at radius 2 is 2.07 bits per heavy atom. The molecule has 0 saturated carbocycles. The normalized spacial score (nSPS) is 24.0. The van der Waals surface area contributed by atoms with Crippen LogP contribution in [0.25, 0.3) is 0 Å². The summed E-state index contributed by atoms with van der Waals surface area (Å²) in [5, 5.41) is 0. The molecule has 0 aromatic heterocycles. The van der Waals surface area contributed by atoms with Gasteiger partial charge < -0.3 is 9.64 Å². The lowest BCUT2D eigenvalue weighted by Gasteiger charge is -2.33. The van der Waals surface area contributed by atoms with E-state index < -0.39 is 0 Å². The summed E-state index contributed by atoms with van der Waals surface area (Å²) in [6.45, 7) is 11.4. The molecule has 3 nitrogen and oxygen atoms in total. The van der Waals surface area contributed by atoms with Crippen LogP contribution in [0.5, 0.6) is 0 Å². The van der Waals surface area contributed by atoms with Crippen LogP contribution in [0.1, 0.15) is 27.2 Å². The van der Waals surface area contributed by atoms with E-state index in [9.17, 15) is 0 Å². The van der Waals surface area contributed by atoms with Gasteiger partial charge in [-0.05, 0) is 34.2 Å². The highest BCUT2D eigenvalue weighted by molar-refractivity contribution is 4.78. The van der Waals surface area contributed by atoms with E-state index in [4.69, 9.17) is 4.74 Å². The number of hydrogen-bond acceptors (Lipinski definition) is 3. The molecule has 0 amide bonds. The maximum absolute atomic E-state index is 5.36. The Hall–Kier alpha value is -0.120. The van der Waals surface area contributed by atoms with Gasteiger partial charge in [-0.25, -0.2) is 0 Å². The van der Waals surface area contributed by atoms with E-state index in [1.807, 2.05) is 7.11 Å². The average Bonchev–Trinajstić information content (AvgIpc) is 2.60. The molecule has 0 unspecified atom stereocenters. The molecule has 15 heavy (non-hydrogen) atoms. The van der Waals surface area contributed by atoms with Gasteiger partial charge in [0.25, 0.3) is 0 Å². The highest BCUT2D eigenvalue weighted by Gasteiger charge is 2.23. The second kappa shape index (κ2) is 5.28. The molecule has 1 aliphatic rings. The zero-order valence-electron chi connectivity index (χ0n) is 10.9. The summed E-state index contributed by atoms with van der Waals surface area (Å²) < 4.78 is 5.36. The maximum Gasteiger partial charge on any atom is 0.0710 e. The Labute approximate surface area is 94.4 Å². The van der Waals surface area contributed by atoms with Crippen molar-refractivity contribution in [2.75, 3.05) is 40.3 Å². The smallest absolute Gasteiger partial charge is 0.0710 e. The fraction of sp³-hybridized carbons (Fsp3) is 1.00.